The molecule has 1 aromatic carbocycles. The molecule has 0 aliphatic rings. The Balaban J connectivity index is 3.32. The highest BCUT2D eigenvalue weighted by atomic mass is 16.6. The van der Waals surface area contributed by atoms with Gasteiger partial charge < -0.3 is 25.0 Å². The van der Waals surface area contributed by atoms with Crippen LogP contribution in [0.5, 0.6) is 0 Å². The first-order valence-electron chi connectivity index (χ1n) is 13.1. The summed E-state index contributed by atoms with van der Waals surface area (Å²) in [5, 5.41) is 5.27. The SMILES string of the molecule is C#Cc1ccc(C(C(=O)NCCC(=O)OCC)N(C(=O)CNC(=O)OC(C)(C)C)C(C)CCC(C)C)cc1. The van der Waals surface area contributed by atoms with Crippen LogP contribution in [0.15, 0.2) is 24.3 Å². The molecular formula is C29H43N3O6. The number of benzene rings is 1. The molecule has 2 unspecified atom stereocenters. The zero-order chi connectivity index (χ0) is 28.9. The lowest BCUT2D eigenvalue weighted by Gasteiger charge is -2.36. The topological polar surface area (TPSA) is 114 Å². The van der Waals surface area contributed by atoms with Gasteiger partial charge in [0.05, 0.1) is 13.0 Å². The minimum Gasteiger partial charge on any atom is -0.466 e. The van der Waals surface area contributed by atoms with Crippen LogP contribution >= 0.6 is 0 Å². The maximum Gasteiger partial charge on any atom is 0.408 e. The minimum absolute atomic E-state index is 0.000615. The number of nitrogens with one attached hydrogen (secondary N) is 2. The number of hydrogen-bond donors (Lipinski definition) is 2. The monoisotopic (exact) mass is 529 g/mol. The molecule has 2 atom stereocenters. The largest absolute Gasteiger partial charge is 0.466 e. The van der Waals surface area contributed by atoms with Crippen molar-refractivity contribution >= 4 is 23.9 Å². The van der Waals surface area contributed by atoms with Gasteiger partial charge in [0.25, 0.3) is 0 Å². The molecule has 0 bridgehead atoms. The summed E-state index contributed by atoms with van der Waals surface area (Å²) in [6.45, 7) is 12.9. The Morgan fingerprint density at radius 3 is 2.18 bits per heavy atom. The van der Waals surface area contributed by atoms with E-state index in [1.54, 1.807) is 52.0 Å². The number of nitrogens with zero attached hydrogens (tertiary/aromatic N) is 1. The molecule has 210 valence electrons. The fourth-order valence-corrected chi connectivity index (χ4v) is 3.73. The van der Waals surface area contributed by atoms with Crippen LogP contribution in [0.1, 0.15) is 84.9 Å². The molecule has 0 aliphatic carbocycles. The van der Waals surface area contributed by atoms with Crippen LogP contribution in [0.2, 0.25) is 0 Å². The molecule has 1 aromatic rings. The first-order chi connectivity index (χ1) is 17.8. The Bertz CT molecular complexity index is 976. The van der Waals surface area contributed by atoms with E-state index in [2.05, 4.69) is 30.4 Å². The Labute approximate surface area is 227 Å². The van der Waals surface area contributed by atoms with Crippen LogP contribution in [-0.4, -0.2) is 60.1 Å². The molecule has 0 radical (unpaired) electrons. The number of hydrogen-bond acceptors (Lipinski definition) is 6. The molecule has 0 aliphatic heterocycles. The quantitative estimate of drug-likeness (QED) is 0.295. The summed E-state index contributed by atoms with van der Waals surface area (Å²) in [4.78, 5) is 52.6. The van der Waals surface area contributed by atoms with Gasteiger partial charge in [-0.3, -0.25) is 14.4 Å². The van der Waals surface area contributed by atoms with E-state index in [-0.39, 0.29) is 32.2 Å². The zero-order valence-corrected chi connectivity index (χ0v) is 23.8. The number of esters is 1. The average Bonchev–Trinajstić information content (AvgIpc) is 2.83. The van der Waals surface area contributed by atoms with Crippen molar-refractivity contribution in [1.82, 2.24) is 15.5 Å². The van der Waals surface area contributed by atoms with E-state index in [0.717, 1.165) is 6.42 Å². The molecular weight excluding hydrogens is 486 g/mol. The van der Waals surface area contributed by atoms with Crippen LogP contribution in [0.25, 0.3) is 0 Å². The van der Waals surface area contributed by atoms with E-state index >= 15 is 0 Å². The summed E-state index contributed by atoms with van der Waals surface area (Å²) in [5.41, 5.74) is 0.463. The highest BCUT2D eigenvalue weighted by Crippen LogP contribution is 2.27. The first-order valence-corrected chi connectivity index (χ1v) is 13.1. The van der Waals surface area contributed by atoms with Gasteiger partial charge in [-0.2, -0.15) is 0 Å². The van der Waals surface area contributed by atoms with E-state index in [1.807, 2.05) is 6.92 Å². The second-order valence-electron chi connectivity index (χ2n) is 10.5. The van der Waals surface area contributed by atoms with Crippen LogP contribution in [0, 0.1) is 18.3 Å². The standard InChI is InChI=1S/C29H43N3O6/c1-9-22-13-15-23(16-14-22)26(27(35)30-18-17-25(34)37-10-2)32(21(5)12-11-20(3)4)24(33)19-31-28(36)38-29(6,7)8/h1,13-16,20-21,26H,10-12,17-19H2,2-8H3,(H,30,35)(H,31,36). The lowest BCUT2D eigenvalue weighted by Crippen LogP contribution is -2.51. The lowest BCUT2D eigenvalue weighted by atomic mass is 9.97. The van der Waals surface area contributed by atoms with Crippen LogP contribution in [0.4, 0.5) is 4.79 Å². The highest BCUT2D eigenvalue weighted by Gasteiger charge is 2.35. The van der Waals surface area contributed by atoms with Gasteiger partial charge in [-0.1, -0.05) is 31.9 Å². The Hall–Kier alpha value is -3.54. The van der Waals surface area contributed by atoms with Crippen molar-refractivity contribution in [2.75, 3.05) is 19.7 Å². The molecule has 1 rings (SSSR count). The number of ether oxygens (including phenoxy) is 2. The van der Waals surface area contributed by atoms with Crippen molar-refractivity contribution in [1.29, 1.82) is 0 Å². The van der Waals surface area contributed by atoms with Gasteiger partial charge >= 0.3 is 12.1 Å². The summed E-state index contributed by atoms with van der Waals surface area (Å²) >= 11 is 0. The van der Waals surface area contributed by atoms with Crippen molar-refractivity contribution in [3.8, 4) is 12.3 Å². The Morgan fingerprint density at radius 1 is 1.03 bits per heavy atom. The van der Waals surface area contributed by atoms with Crippen molar-refractivity contribution < 1.29 is 28.7 Å². The van der Waals surface area contributed by atoms with Gasteiger partial charge in [0.15, 0.2) is 0 Å². The summed E-state index contributed by atoms with van der Waals surface area (Å²) in [5.74, 6) is 1.61. The average molecular weight is 530 g/mol. The van der Waals surface area contributed by atoms with Crippen molar-refractivity contribution in [3.05, 3.63) is 35.4 Å². The summed E-state index contributed by atoms with van der Waals surface area (Å²) in [6, 6.07) is 5.48. The van der Waals surface area contributed by atoms with Crippen molar-refractivity contribution in [2.45, 2.75) is 85.4 Å². The van der Waals surface area contributed by atoms with Gasteiger partial charge in [-0.25, -0.2) is 4.79 Å². The molecule has 2 N–H and O–H groups in total. The van der Waals surface area contributed by atoms with Gasteiger partial charge in [-0.15, -0.1) is 6.42 Å². The molecule has 0 heterocycles. The second kappa shape index (κ2) is 15.7. The number of amides is 3. The lowest BCUT2D eigenvalue weighted by molar-refractivity contribution is -0.144. The molecule has 0 saturated heterocycles. The Morgan fingerprint density at radius 2 is 1.66 bits per heavy atom. The fraction of sp³-hybridized carbons (Fsp3) is 0.586. The predicted molar refractivity (Wildman–Crippen MR) is 146 cm³/mol. The smallest absolute Gasteiger partial charge is 0.408 e. The summed E-state index contributed by atoms with van der Waals surface area (Å²) in [7, 11) is 0. The van der Waals surface area contributed by atoms with Crippen molar-refractivity contribution in [2.24, 2.45) is 5.92 Å². The number of carbonyl (C=O) groups is 4. The first kappa shape index (κ1) is 32.5. The van der Waals surface area contributed by atoms with Gasteiger partial charge in [-0.05, 0) is 71.1 Å². The van der Waals surface area contributed by atoms with Gasteiger partial charge in [0.2, 0.25) is 11.8 Å². The van der Waals surface area contributed by atoms with Crippen LogP contribution in [0.3, 0.4) is 0 Å². The van der Waals surface area contributed by atoms with E-state index < -0.39 is 35.5 Å². The van der Waals surface area contributed by atoms with E-state index in [9.17, 15) is 19.2 Å². The minimum atomic E-state index is -1.01. The fourth-order valence-electron chi connectivity index (χ4n) is 3.73. The molecule has 0 spiro atoms. The number of alkyl carbamates (subject to hydrolysis) is 1. The van der Waals surface area contributed by atoms with E-state index in [1.165, 1.54) is 4.90 Å². The maximum absolute atomic E-state index is 13.6. The third-order valence-electron chi connectivity index (χ3n) is 5.56. The molecule has 3 amide bonds. The van der Waals surface area contributed by atoms with Crippen LogP contribution < -0.4 is 10.6 Å². The predicted octanol–water partition coefficient (Wildman–Crippen LogP) is 3.96. The Kier molecular flexibility index (Phi) is 13.4. The molecule has 38 heavy (non-hydrogen) atoms. The molecule has 0 aromatic heterocycles. The third-order valence-corrected chi connectivity index (χ3v) is 5.56. The van der Waals surface area contributed by atoms with Crippen LogP contribution in [-0.2, 0) is 23.9 Å². The summed E-state index contributed by atoms with van der Waals surface area (Å²) in [6.07, 6.45) is 6.25. The highest BCUT2D eigenvalue weighted by molar-refractivity contribution is 5.90. The zero-order valence-electron chi connectivity index (χ0n) is 23.8. The van der Waals surface area contributed by atoms with Gasteiger partial charge in [0, 0.05) is 18.2 Å². The van der Waals surface area contributed by atoms with Gasteiger partial charge in [0.1, 0.15) is 18.2 Å². The molecule has 9 nitrogen and oxygen atoms in total. The number of rotatable bonds is 13. The molecule has 0 fully saturated rings. The number of terminal acetylenes is 1. The molecule has 0 saturated carbocycles. The third kappa shape index (κ3) is 11.7. The number of carbonyl (C=O) groups excluding carboxylic acids is 4. The summed E-state index contributed by atoms with van der Waals surface area (Å²) < 4.78 is 10.2. The van der Waals surface area contributed by atoms with E-state index in [4.69, 9.17) is 15.9 Å². The second-order valence-corrected chi connectivity index (χ2v) is 10.5. The maximum atomic E-state index is 13.6. The van der Waals surface area contributed by atoms with Crippen molar-refractivity contribution in [3.63, 3.8) is 0 Å². The normalized spacial score (nSPS) is 12.6. The molecule has 9 heteroatoms. The van der Waals surface area contributed by atoms with E-state index in [0.29, 0.717) is 23.5 Å².